The zero-order valence-electron chi connectivity index (χ0n) is 48.6. The summed E-state index contributed by atoms with van der Waals surface area (Å²) in [5.74, 6) is -2.92. The fourth-order valence-electron chi connectivity index (χ4n) is 8.55. The van der Waals surface area contributed by atoms with Crippen molar-refractivity contribution in [3.8, 4) is 0 Å². The number of amidine groups is 2. The fraction of sp³-hybridized carbons (Fsp3) is 0.519. The Morgan fingerprint density at radius 2 is 0.675 bits per heavy atom. The van der Waals surface area contributed by atoms with E-state index in [1.807, 2.05) is 27.7 Å². The minimum Gasteiger partial charge on any atom is -1.00 e. The Bertz CT molecular complexity index is 2540. The third kappa shape index (κ3) is 23.8. The second kappa shape index (κ2) is 36.5. The standard InChI is InChI=1S/C54H82N16O8.2ClH/c1-5-23-67-35-39(29-41(67)51(75)59-21-19-45(55)56)65-53(77)43-27-37(33-69(43)25-7-3)63-49(73)31-61-47(71)17-15-13-11-9-10-12-14-16-18-48(72)62-32-50(74)64-38-28-44(70(34-38)26-8-4)54(78)66-40-30-42(68(36-40)24-6-2)52(76)60-22-20-46(57)58;;/h27-30,33-36H,5-26,31-32H2,1-4H3,(H3,55,56)(H3,57,58)(H,59,75)(H,60,76)(H,61,71)(H,62,72)(H,63,73)(H,64,74)(H,65,77)(H,66,78);2*1H. The van der Waals surface area contributed by atoms with Crippen LogP contribution in [0, 0.1) is 10.8 Å². The van der Waals surface area contributed by atoms with E-state index >= 15 is 0 Å². The lowest BCUT2D eigenvalue weighted by molar-refractivity contribution is -0.124. The smallest absolute Gasteiger partial charge is 1.00 e. The number of nitrogens with two attached hydrogens (primary N) is 2. The van der Waals surface area contributed by atoms with E-state index in [1.54, 1.807) is 67.3 Å². The number of carbonyl (C=O) groups excluding carboxylic acids is 8. The average molecular weight is 1160 g/mol. The molecule has 14 N–H and O–H groups in total. The highest BCUT2D eigenvalue weighted by atomic mass is 35.5. The Balaban J connectivity index is 0.0000164. The number of anilines is 4. The normalized spacial score (nSPS) is 10.6. The molecule has 0 aromatic carbocycles. The lowest BCUT2D eigenvalue weighted by Crippen LogP contribution is -3.00. The summed E-state index contributed by atoms with van der Waals surface area (Å²) in [6.45, 7) is 10.00. The number of unbranched alkanes of at least 4 members (excludes halogenated alkanes) is 7. The van der Waals surface area contributed by atoms with Crippen LogP contribution in [0.2, 0.25) is 0 Å². The molecule has 26 heteroatoms. The zero-order chi connectivity index (χ0) is 57.0. The van der Waals surface area contributed by atoms with Crippen LogP contribution in [-0.2, 0) is 45.4 Å². The van der Waals surface area contributed by atoms with Crippen LogP contribution in [0.25, 0.3) is 0 Å². The van der Waals surface area contributed by atoms with Crippen molar-refractivity contribution in [3.05, 3.63) is 71.8 Å². The molecule has 0 saturated heterocycles. The van der Waals surface area contributed by atoms with Crippen molar-refractivity contribution < 1.29 is 66.0 Å². The molecule has 0 fully saturated rings. The molecule has 24 nitrogen and oxygen atoms in total. The number of halogens is 2. The van der Waals surface area contributed by atoms with Crippen LogP contribution in [0.15, 0.2) is 49.1 Å². The Hall–Kier alpha value is -7.60. The molecule has 0 saturated carbocycles. The highest BCUT2D eigenvalue weighted by Crippen LogP contribution is 2.22. The first kappa shape index (κ1) is 68.5. The molecule has 0 radical (unpaired) electrons. The molecule has 0 atom stereocenters. The van der Waals surface area contributed by atoms with E-state index in [1.165, 1.54) is 0 Å². The Morgan fingerprint density at radius 1 is 0.400 bits per heavy atom. The highest BCUT2D eigenvalue weighted by Gasteiger charge is 2.21. The highest BCUT2D eigenvalue weighted by molar-refractivity contribution is 6.07. The summed E-state index contributed by atoms with van der Waals surface area (Å²) in [5, 5.41) is 36.8. The van der Waals surface area contributed by atoms with Crippen molar-refractivity contribution in [3.63, 3.8) is 0 Å². The van der Waals surface area contributed by atoms with E-state index in [2.05, 4.69) is 42.5 Å². The van der Waals surface area contributed by atoms with Crippen LogP contribution in [0.4, 0.5) is 22.7 Å². The number of hydrogen-bond acceptors (Lipinski definition) is 10. The summed E-state index contributed by atoms with van der Waals surface area (Å²) >= 11 is 0. The van der Waals surface area contributed by atoms with Gasteiger partial charge in [0.05, 0.1) is 47.5 Å². The van der Waals surface area contributed by atoms with Crippen molar-refractivity contribution in [2.75, 3.05) is 47.4 Å². The summed E-state index contributed by atoms with van der Waals surface area (Å²) in [6.07, 6.45) is 17.7. The number of hydrogen-bond donors (Lipinski definition) is 12. The maximum absolute atomic E-state index is 13.5. The summed E-state index contributed by atoms with van der Waals surface area (Å²) < 4.78 is 6.99. The lowest BCUT2D eigenvalue weighted by Gasteiger charge is -2.08. The molecule has 0 unspecified atom stereocenters. The predicted molar refractivity (Wildman–Crippen MR) is 304 cm³/mol. The number of nitrogens with zero attached hydrogens (tertiary/aromatic N) is 4. The van der Waals surface area contributed by atoms with Crippen LogP contribution >= 0.6 is 0 Å². The molecule has 442 valence electrons. The molecule has 0 bridgehead atoms. The summed E-state index contributed by atoms with van der Waals surface area (Å²) in [6, 6.07) is 6.32. The monoisotopic (exact) mass is 1150 g/mol. The molecule has 0 spiro atoms. The summed E-state index contributed by atoms with van der Waals surface area (Å²) in [5.41, 5.74) is 13.8. The fourth-order valence-corrected chi connectivity index (χ4v) is 8.55. The van der Waals surface area contributed by atoms with Gasteiger partial charge in [0, 0.05) is 89.7 Å². The first-order valence-corrected chi connectivity index (χ1v) is 27.2. The molecule has 8 amide bonds. The molecule has 80 heavy (non-hydrogen) atoms. The second-order valence-corrected chi connectivity index (χ2v) is 19.2. The summed E-state index contributed by atoms with van der Waals surface area (Å²) in [7, 11) is 0. The number of rotatable bonds is 37. The summed E-state index contributed by atoms with van der Waals surface area (Å²) in [4.78, 5) is 103. The quantitative estimate of drug-likeness (QED) is 0.0164. The third-order valence-corrected chi connectivity index (χ3v) is 12.3. The number of aromatic nitrogens is 4. The predicted octanol–water partition coefficient (Wildman–Crippen LogP) is 0.0925. The molecule has 4 aromatic heterocycles. The second-order valence-electron chi connectivity index (χ2n) is 19.2. The van der Waals surface area contributed by atoms with Crippen molar-refractivity contribution in [1.29, 1.82) is 10.8 Å². The van der Waals surface area contributed by atoms with Crippen LogP contribution in [0.3, 0.4) is 0 Å². The van der Waals surface area contributed by atoms with E-state index in [0.29, 0.717) is 84.5 Å². The molecular formula is C54H84Cl2N16O8. The topological polar surface area (TPSA) is 352 Å². The van der Waals surface area contributed by atoms with Gasteiger partial charge in [0.25, 0.3) is 23.6 Å². The third-order valence-electron chi connectivity index (χ3n) is 12.3. The minimum atomic E-state index is -0.433. The van der Waals surface area contributed by atoms with Crippen LogP contribution in [-0.4, -0.2) is 103 Å². The molecule has 4 aromatic rings. The van der Waals surface area contributed by atoms with Gasteiger partial charge in [0.15, 0.2) is 0 Å². The van der Waals surface area contributed by atoms with E-state index < -0.39 is 23.6 Å². The first-order chi connectivity index (χ1) is 37.4. The van der Waals surface area contributed by atoms with E-state index in [4.69, 9.17) is 22.3 Å². The number of nitrogens with one attached hydrogen (secondary N) is 10. The Kier molecular flexibility index (Phi) is 31.3. The number of carbonyl (C=O) groups is 8. The molecule has 0 aliphatic carbocycles. The maximum atomic E-state index is 13.5. The van der Waals surface area contributed by atoms with Gasteiger partial charge < -0.3 is 97.1 Å². The van der Waals surface area contributed by atoms with Crippen molar-refractivity contribution >= 4 is 81.7 Å². The van der Waals surface area contributed by atoms with Gasteiger partial charge in [-0.3, -0.25) is 49.2 Å². The van der Waals surface area contributed by atoms with Crippen molar-refractivity contribution in [2.45, 2.75) is 157 Å². The lowest BCUT2D eigenvalue weighted by atomic mass is 10.1. The first-order valence-electron chi connectivity index (χ1n) is 27.2. The van der Waals surface area contributed by atoms with Gasteiger partial charge in [0.1, 0.15) is 22.8 Å². The van der Waals surface area contributed by atoms with Gasteiger partial charge in [0.2, 0.25) is 23.6 Å². The van der Waals surface area contributed by atoms with Crippen molar-refractivity contribution in [1.82, 2.24) is 39.5 Å². The minimum absolute atomic E-state index is 0. The zero-order valence-corrected chi connectivity index (χ0v) is 48.1. The largest absolute Gasteiger partial charge is 1.00 e. The van der Waals surface area contributed by atoms with E-state index in [9.17, 15) is 38.4 Å². The van der Waals surface area contributed by atoms with E-state index in [0.717, 1.165) is 64.2 Å². The van der Waals surface area contributed by atoms with Gasteiger partial charge in [-0.2, -0.15) is 0 Å². The van der Waals surface area contributed by atoms with Crippen molar-refractivity contribution in [2.24, 2.45) is 11.5 Å². The molecule has 4 rings (SSSR count). The Morgan fingerprint density at radius 3 is 0.963 bits per heavy atom. The van der Waals surface area contributed by atoms with Gasteiger partial charge in [-0.05, 0) is 62.8 Å². The van der Waals surface area contributed by atoms with E-state index in [-0.39, 0.29) is 115 Å². The number of aryl methyl sites for hydroxylation is 4. The van der Waals surface area contributed by atoms with Gasteiger partial charge in [-0.25, -0.2) is 0 Å². The van der Waals surface area contributed by atoms with Crippen LogP contribution in [0.5, 0.6) is 0 Å². The molecular weight excluding hydrogens is 1070 g/mol. The maximum Gasteiger partial charge on any atom is 1.00 e. The van der Waals surface area contributed by atoms with Gasteiger partial charge in [-0.15, -0.1) is 0 Å². The average Bonchev–Trinajstić information content (AvgIpc) is 4.19. The van der Waals surface area contributed by atoms with Crippen LogP contribution in [0.1, 0.15) is 175 Å². The Labute approximate surface area is 483 Å². The van der Waals surface area contributed by atoms with Gasteiger partial charge in [-0.1, -0.05) is 66.2 Å². The van der Waals surface area contributed by atoms with Crippen LogP contribution < -0.4 is 78.8 Å². The number of amides is 8. The van der Waals surface area contributed by atoms with Gasteiger partial charge >= 0.3 is 2.85 Å². The molecule has 4 heterocycles. The molecule has 0 aliphatic rings. The SMILES string of the molecule is CCCn1cc(NC(=O)c2cc(NC(=O)CNC(=O)CCCCCCCCCCC(=O)NCC(=O)Nc3cc(C(=O)Nc4cc(C(=O)NCCC(=N)N)n(CCC)c4)n(CCC)c3)cn2CCC)cc1C(=O)NCCC(=N)N.[Cl-].[Cl-].[H+].[H+]. The molecule has 0 aliphatic heterocycles.